The van der Waals surface area contributed by atoms with E-state index in [0.717, 1.165) is 34.8 Å². The minimum Gasteiger partial charge on any atom is -0.391 e. The zero-order chi connectivity index (χ0) is 12.7. The van der Waals surface area contributed by atoms with Gasteiger partial charge in [-0.3, -0.25) is 4.90 Å². The fraction of sp³-hybridized carbons (Fsp3) is 0.769. The molecule has 2 aliphatic heterocycles. The van der Waals surface area contributed by atoms with Crippen molar-refractivity contribution < 1.29 is 5.11 Å². The highest BCUT2D eigenvalue weighted by atomic mass is 32.1. The molecule has 4 nitrogen and oxygen atoms in total. The number of fused-ring (bicyclic) bond motifs is 2. The summed E-state index contributed by atoms with van der Waals surface area (Å²) >= 11 is 1.65. The summed E-state index contributed by atoms with van der Waals surface area (Å²) in [5.41, 5.74) is 0.986. The minimum absolute atomic E-state index is 0.114. The maximum absolute atomic E-state index is 9.28. The van der Waals surface area contributed by atoms with Gasteiger partial charge in [0.25, 0.3) is 0 Å². The second kappa shape index (κ2) is 4.79. The first-order valence-electron chi connectivity index (χ1n) is 6.73. The van der Waals surface area contributed by atoms with E-state index in [4.69, 9.17) is 0 Å². The Morgan fingerprint density at radius 2 is 2.11 bits per heavy atom. The van der Waals surface area contributed by atoms with Crippen molar-refractivity contribution in [2.24, 2.45) is 0 Å². The molecule has 0 aromatic carbocycles. The van der Waals surface area contributed by atoms with E-state index in [1.165, 1.54) is 19.3 Å². The monoisotopic (exact) mass is 267 g/mol. The van der Waals surface area contributed by atoms with Gasteiger partial charge >= 0.3 is 0 Å². The number of hydrogen-bond acceptors (Lipinski definition) is 5. The Morgan fingerprint density at radius 3 is 2.83 bits per heavy atom. The fourth-order valence-corrected chi connectivity index (χ4v) is 4.13. The van der Waals surface area contributed by atoms with E-state index in [9.17, 15) is 5.11 Å². The van der Waals surface area contributed by atoms with Crippen LogP contribution in [0.25, 0.3) is 0 Å². The van der Waals surface area contributed by atoms with Crippen molar-refractivity contribution in [3.05, 3.63) is 10.6 Å². The molecule has 2 atom stereocenters. The van der Waals surface area contributed by atoms with Crippen LogP contribution >= 0.6 is 11.3 Å². The number of aliphatic hydroxyl groups is 1. The van der Waals surface area contributed by atoms with Crippen molar-refractivity contribution in [1.29, 1.82) is 0 Å². The third-order valence-electron chi connectivity index (χ3n) is 4.44. The number of aryl methyl sites for hydroxylation is 1. The molecule has 100 valence electrons. The van der Waals surface area contributed by atoms with Crippen LogP contribution < -0.4 is 4.90 Å². The molecular formula is C13H21N3OS. The Balaban J connectivity index is 1.80. The molecule has 2 aliphatic rings. The van der Waals surface area contributed by atoms with Crippen molar-refractivity contribution >= 4 is 16.5 Å². The SMILES string of the molecule is Cc1nc(N2CCC3CCC(C2)N3C)sc1CO. The van der Waals surface area contributed by atoms with Crippen molar-refractivity contribution in [3.63, 3.8) is 0 Å². The van der Waals surface area contributed by atoms with Crippen LogP contribution in [0.5, 0.6) is 0 Å². The van der Waals surface area contributed by atoms with Crippen LogP contribution in [0, 0.1) is 6.92 Å². The average molecular weight is 267 g/mol. The van der Waals surface area contributed by atoms with Crippen LogP contribution in [0.1, 0.15) is 29.8 Å². The summed E-state index contributed by atoms with van der Waals surface area (Å²) in [6, 6.07) is 1.44. The zero-order valence-electron chi connectivity index (χ0n) is 11.1. The molecule has 2 bridgehead atoms. The van der Waals surface area contributed by atoms with E-state index >= 15 is 0 Å². The Bertz CT molecular complexity index is 434. The van der Waals surface area contributed by atoms with Gasteiger partial charge in [-0.05, 0) is 33.2 Å². The highest BCUT2D eigenvalue weighted by molar-refractivity contribution is 7.15. The summed E-state index contributed by atoms with van der Waals surface area (Å²) in [6.07, 6.45) is 3.91. The maximum atomic E-state index is 9.28. The van der Waals surface area contributed by atoms with Crippen LogP contribution in [-0.4, -0.2) is 47.2 Å². The summed E-state index contributed by atoms with van der Waals surface area (Å²) in [5.74, 6) is 0. The van der Waals surface area contributed by atoms with Gasteiger partial charge in [0.1, 0.15) is 0 Å². The lowest BCUT2D eigenvalue weighted by molar-refractivity contribution is 0.254. The molecule has 0 radical (unpaired) electrons. The zero-order valence-corrected chi connectivity index (χ0v) is 11.9. The summed E-state index contributed by atoms with van der Waals surface area (Å²) in [5, 5.41) is 10.4. The standard InChI is InChI=1S/C13H21N3OS/c1-9-12(8-17)18-13(14-9)16-6-5-10-3-4-11(7-16)15(10)2/h10-11,17H,3-8H2,1-2H3. The lowest BCUT2D eigenvalue weighted by atomic mass is 10.1. The van der Waals surface area contributed by atoms with Crippen molar-refractivity contribution in [1.82, 2.24) is 9.88 Å². The Kier molecular flexibility index (Phi) is 3.30. The minimum atomic E-state index is 0.114. The molecule has 2 fully saturated rings. The van der Waals surface area contributed by atoms with Crippen LogP contribution in [-0.2, 0) is 6.61 Å². The van der Waals surface area contributed by atoms with Crippen LogP contribution in [0.4, 0.5) is 5.13 Å². The molecule has 3 heterocycles. The molecule has 1 aromatic heterocycles. The second-order valence-electron chi connectivity index (χ2n) is 5.45. The summed E-state index contributed by atoms with van der Waals surface area (Å²) in [7, 11) is 2.26. The molecule has 3 rings (SSSR count). The first kappa shape index (κ1) is 12.4. The lowest BCUT2D eigenvalue weighted by Gasteiger charge is -2.25. The van der Waals surface area contributed by atoms with Gasteiger partial charge in [-0.15, -0.1) is 0 Å². The third-order valence-corrected chi connectivity index (χ3v) is 5.65. The van der Waals surface area contributed by atoms with Gasteiger partial charge in [-0.1, -0.05) is 11.3 Å². The smallest absolute Gasteiger partial charge is 0.185 e. The van der Waals surface area contributed by atoms with E-state index in [1.807, 2.05) is 6.92 Å². The number of anilines is 1. The Morgan fingerprint density at radius 1 is 1.33 bits per heavy atom. The summed E-state index contributed by atoms with van der Waals surface area (Å²) in [6.45, 7) is 4.29. The van der Waals surface area contributed by atoms with E-state index in [1.54, 1.807) is 11.3 Å². The van der Waals surface area contributed by atoms with Crippen LogP contribution in [0.2, 0.25) is 0 Å². The predicted molar refractivity (Wildman–Crippen MR) is 74.2 cm³/mol. The van der Waals surface area contributed by atoms with E-state index < -0.39 is 0 Å². The molecular weight excluding hydrogens is 246 g/mol. The molecule has 5 heteroatoms. The second-order valence-corrected chi connectivity index (χ2v) is 6.51. The topological polar surface area (TPSA) is 39.6 Å². The average Bonchev–Trinajstić information content (AvgIpc) is 2.81. The van der Waals surface area contributed by atoms with Crippen LogP contribution in [0.3, 0.4) is 0 Å². The molecule has 1 aromatic rings. The van der Waals surface area contributed by atoms with Crippen LogP contribution in [0.15, 0.2) is 0 Å². The van der Waals surface area contributed by atoms with Crippen molar-refractivity contribution in [2.45, 2.75) is 44.9 Å². The lowest BCUT2D eigenvalue weighted by Crippen LogP contribution is -2.36. The first-order chi connectivity index (χ1) is 8.69. The number of thiazole rings is 1. The van der Waals surface area contributed by atoms with E-state index in [-0.39, 0.29) is 6.61 Å². The molecule has 0 amide bonds. The van der Waals surface area contributed by atoms with Gasteiger partial charge in [0, 0.05) is 25.2 Å². The summed E-state index contributed by atoms with van der Waals surface area (Å²) in [4.78, 5) is 10.6. The van der Waals surface area contributed by atoms with Gasteiger partial charge in [0.05, 0.1) is 17.2 Å². The molecule has 1 N–H and O–H groups in total. The van der Waals surface area contributed by atoms with Crippen molar-refractivity contribution in [3.8, 4) is 0 Å². The van der Waals surface area contributed by atoms with Gasteiger partial charge in [-0.25, -0.2) is 4.98 Å². The van der Waals surface area contributed by atoms with Gasteiger partial charge < -0.3 is 10.0 Å². The van der Waals surface area contributed by atoms with E-state index in [2.05, 4.69) is 21.8 Å². The van der Waals surface area contributed by atoms with E-state index in [0.29, 0.717) is 6.04 Å². The maximum Gasteiger partial charge on any atom is 0.185 e. The summed E-state index contributed by atoms with van der Waals surface area (Å²) < 4.78 is 0. The number of aromatic nitrogens is 1. The highest BCUT2D eigenvalue weighted by Gasteiger charge is 2.35. The third kappa shape index (κ3) is 2.04. The number of rotatable bonds is 2. The van der Waals surface area contributed by atoms with Gasteiger partial charge in [-0.2, -0.15) is 0 Å². The molecule has 0 spiro atoms. The highest BCUT2D eigenvalue weighted by Crippen LogP contribution is 2.33. The molecule has 0 saturated carbocycles. The largest absolute Gasteiger partial charge is 0.391 e. The fourth-order valence-electron chi connectivity index (χ4n) is 3.18. The quantitative estimate of drug-likeness (QED) is 0.884. The predicted octanol–water partition coefficient (Wildman–Crippen LogP) is 1.62. The number of likely N-dealkylation sites (N-methyl/N-ethyl adjacent to an activating group) is 1. The number of nitrogens with zero attached hydrogens (tertiary/aromatic N) is 3. The Labute approximate surface area is 112 Å². The number of hydrogen-bond donors (Lipinski definition) is 1. The van der Waals surface area contributed by atoms with Gasteiger partial charge in [0.2, 0.25) is 0 Å². The molecule has 0 aliphatic carbocycles. The van der Waals surface area contributed by atoms with Crippen molar-refractivity contribution in [2.75, 3.05) is 25.0 Å². The molecule has 2 saturated heterocycles. The van der Waals surface area contributed by atoms with Gasteiger partial charge in [0.15, 0.2) is 5.13 Å². The first-order valence-corrected chi connectivity index (χ1v) is 7.54. The normalized spacial score (nSPS) is 28.7. The molecule has 2 unspecified atom stereocenters. The number of aliphatic hydroxyl groups excluding tert-OH is 1. The Hall–Kier alpha value is -0.650. The molecule has 18 heavy (non-hydrogen) atoms.